The van der Waals surface area contributed by atoms with E-state index >= 15 is 0 Å². The number of benzene rings is 2. The van der Waals surface area contributed by atoms with Gasteiger partial charge >= 0.3 is 0 Å². The van der Waals surface area contributed by atoms with Crippen molar-refractivity contribution in [2.45, 2.75) is 4.90 Å². The normalized spacial score (nSPS) is 13.0. The number of nitrogens with zero attached hydrogens (tertiary/aromatic N) is 2. The summed E-state index contributed by atoms with van der Waals surface area (Å²) >= 11 is 1.28. The predicted octanol–water partition coefficient (Wildman–Crippen LogP) is 2.78. The highest BCUT2D eigenvalue weighted by Crippen LogP contribution is 2.21. The fourth-order valence-corrected chi connectivity index (χ4v) is 4.10. The third-order valence-corrected chi connectivity index (χ3v) is 5.84. The van der Waals surface area contributed by atoms with E-state index in [2.05, 4.69) is 4.99 Å². The summed E-state index contributed by atoms with van der Waals surface area (Å²) in [5, 5.41) is 0. The van der Waals surface area contributed by atoms with Crippen LogP contribution in [0.3, 0.4) is 0 Å². The molecule has 0 saturated heterocycles. The van der Waals surface area contributed by atoms with Gasteiger partial charge in [0.1, 0.15) is 0 Å². The number of rotatable bonds is 3. The van der Waals surface area contributed by atoms with Crippen molar-refractivity contribution >= 4 is 43.4 Å². The average Bonchev–Trinajstić information content (AvgIpc) is 2.88. The van der Waals surface area contributed by atoms with Crippen LogP contribution in [0.1, 0.15) is 5.56 Å². The molecule has 0 N–H and O–H groups in total. The average molecular weight is 372 g/mol. The summed E-state index contributed by atoms with van der Waals surface area (Å²) in [4.78, 5) is 17.0. The molecule has 1 aromatic heterocycles. The lowest BCUT2D eigenvalue weighted by atomic mass is 10.2. The lowest BCUT2D eigenvalue weighted by Gasteiger charge is -1.98. The lowest BCUT2D eigenvalue weighted by Crippen LogP contribution is -2.12. The van der Waals surface area contributed by atoms with Crippen molar-refractivity contribution in [1.29, 1.82) is 0 Å². The fraction of sp³-hybridized carbons (Fsp3) is 0.111. The van der Waals surface area contributed by atoms with E-state index in [-0.39, 0.29) is 10.8 Å². The van der Waals surface area contributed by atoms with Crippen LogP contribution < -0.4 is 4.80 Å². The monoisotopic (exact) mass is 372 g/mol. The number of aryl methyl sites for hydroxylation is 1. The zero-order valence-electron chi connectivity index (χ0n) is 13.7. The summed E-state index contributed by atoms with van der Waals surface area (Å²) in [5.74, 6) is -0.366. The minimum atomic E-state index is -3.27. The van der Waals surface area contributed by atoms with Gasteiger partial charge in [0.05, 0.1) is 15.1 Å². The van der Waals surface area contributed by atoms with Gasteiger partial charge in [0.15, 0.2) is 14.6 Å². The second-order valence-electron chi connectivity index (χ2n) is 5.54. The first-order valence-electron chi connectivity index (χ1n) is 7.46. The van der Waals surface area contributed by atoms with Gasteiger partial charge in [0.2, 0.25) is 0 Å². The van der Waals surface area contributed by atoms with Gasteiger partial charge in [-0.05, 0) is 29.8 Å². The van der Waals surface area contributed by atoms with Crippen LogP contribution in [-0.2, 0) is 21.7 Å². The summed E-state index contributed by atoms with van der Waals surface area (Å²) < 4.78 is 25.9. The smallest absolute Gasteiger partial charge is 0.272 e. The van der Waals surface area contributed by atoms with Crippen molar-refractivity contribution in [3.8, 4) is 0 Å². The Labute approximate surface area is 149 Å². The van der Waals surface area contributed by atoms with Crippen molar-refractivity contribution in [3.63, 3.8) is 0 Å². The Kier molecular flexibility index (Phi) is 4.69. The van der Waals surface area contributed by atoms with Crippen molar-refractivity contribution < 1.29 is 13.2 Å². The molecule has 0 aliphatic rings. The van der Waals surface area contributed by atoms with Gasteiger partial charge in [-0.15, -0.1) is 0 Å². The largest absolute Gasteiger partial charge is 0.319 e. The molecule has 1 amide bonds. The van der Waals surface area contributed by atoms with Crippen LogP contribution in [0.25, 0.3) is 16.3 Å². The molecule has 0 fully saturated rings. The van der Waals surface area contributed by atoms with Gasteiger partial charge < -0.3 is 4.57 Å². The van der Waals surface area contributed by atoms with Crippen molar-refractivity contribution in [2.75, 3.05) is 6.26 Å². The number of hydrogen-bond acceptors (Lipinski definition) is 4. The second kappa shape index (κ2) is 6.78. The van der Waals surface area contributed by atoms with Crippen molar-refractivity contribution in [2.24, 2.45) is 12.0 Å². The Balaban J connectivity index is 1.97. The molecule has 7 heteroatoms. The number of thiazole rings is 1. The molecule has 0 aliphatic carbocycles. The first kappa shape index (κ1) is 17.3. The molecule has 0 bridgehead atoms. The minimum Gasteiger partial charge on any atom is -0.319 e. The third kappa shape index (κ3) is 3.94. The third-order valence-electron chi connectivity index (χ3n) is 3.63. The summed E-state index contributed by atoms with van der Waals surface area (Å²) in [6, 6.07) is 14.4. The van der Waals surface area contributed by atoms with E-state index in [1.54, 1.807) is 35.9 Å². The maximum absolute atomic E-state index is 12.1. The number of hydrogen-bond donors (Lipinski definition) is 0. The topological polar surface area (TPSA) is 68.5 Å². The van der Waals surface area contributed by atoms with E-state index in [0.29, 0.717) is 4.80 Å². The standard InChI is InChI=1S/C18H16N2O3S2/c1-20-15-10-9-14(25(2,22)23)12-16(15)24-18(20)19-17(21)11-8-13-6-4-3-5-7-13/h3-12H,1-2H3/b11-8+,19-18?. The number of sulfone groups is 1. The van der Waals surface area contributed by atoms with Gasteiger partial charge in [0.25, 0.3) is 5.91 Å². The van der Waals surface area contributed by atoms with E-state index in [0.717, 1.165) is 15.8 Å². The van der Waals surface area contributed by atoms with E-state index < -0.39 is 9.84 Å². The molecule has 2 aromatic carbocycles. The highest BCUT2D eigenvalue weighted by Gasteiger charge is 2.10. The Bertz CT molecular complexity index is 1140. The van der Waals surface area contributed by atoms with Crippen LogP contribution in [0.4, 0.5) is 0 Å². The van der Waals surface area contributed by atoms with Crippen molar-refractivity contribution in [3.05, 3.63) is 65.0 Å². The number of aromatic nitrogens is 1. The van der Waals surface area contributed by atoms with Crippen LogP contribution >= 0.6 is 11.3 Å². The Hall–Kier alpha value is -2.51. The van der Waals surface area contributed by atoms with E-state index in [9.17, 15) is 13.2 Å². The van der Waals surface area contributed by atoms with Crippen LogP contribution in [0, 0.1) is 0 Å². The van der Waals surface area contributed by atoms with Gasteiger partial charge in [-0.25, -0.2) is 8.42 Å². The number of amides is 1. The Morgan fingerprint density at radius 2 is 1.88 bits per heavy atom. The molecule has 128 valence electrons. The molecule has 0 spiro atoms. The summed E-state index contributed by atoms with van der Waals surface area (Å²) in [7, 11) is -1.47. The minimum absolute atomic E-state index is 0.253. The second-order valence-corrected chi connectivity index (χ2v) is 8.56. The van der Waals surface area contributed by atoms with Crippen LogP contribution in [0.2, 0.25) is 0 Å². The van der Waals surface area contributed by atoms with Gasteiger partial charge in [-0.3, -0.25) is 4.79 Å². The van der Waals surface area contributed by atoms with E-state index in [4.69, 9.17) is 0 Å². The molecule has 25 heavy (non-hydrogen) atoms. The maximum Gasteiger partial charge on any atom is 0.272 e. The highest BCUT2D eigenvalue weighted by molar-refractivity contribution is 7.90. The lowest BCUT2D eigenvalue weighted by molar-refractivity contribution is -0.113. The maximum atomic E-state index is 12.1. The Morgan fingerprint density at radius 1 is 1.16 bits per heavy atom. The van der Waals surface area contributed by atoms with Crippen molar-refractivity contribution in [1.82, 2.24) is 4.57 Å². The molecule has 5 nitrogen and oxygen atoms in total. The van der Waals surface area contributed by atoms with Crippen LogP contribution in [0.15, 0.2) is 64.5 Å². The van der Waals surface area contributed by atoms with Gasteiger partial charge in [0, 0.05) is 19.4 Å². The zero-order chi connectivity index (χ0) is 18.0. The summed E-state index contributed by atoms with van der Waals surface area (Å²) in [6.45, 7) is 0. The summed E-state index contributed by atoms with van der Waals surface area (Å²) in [5.41, 5.74) is 1.75. The molecule has 0 unspecified atom stereocenters. The molecular weight excluding hydrogens is 356 g/mol. The predicted molar refractivity (Wildman–Crippen MR) is 100.0 cm³/mol. The molecular formula is C18H16N2O3S2. The highest BCUT2D eigenvalue weighted by atomic mass is 32.2. The van der Waals surface area contributed by atoms with Gasteiger partial charge in [-0.1, -0.05) is 41.7 Å². The number of carbonyl (C=O) groups excluding carboxylic acids is 1. The summed E-state index contributed by atoms with van der Waals surface area (Å²) in [6.07, 6.45) is 4.30. The molecule has 0 saturated carbocycles. The molecule has 3 rings (SSSR count). The quantitative estimate of drug-likeness (QED) is 0.664. The zero-order valence-corrected chi connectivity index (χ0v) is 15.3. The molecule has 3 aromatic rings. The van der Waals surface area contributed by atoms with Crippen LogP contribution in [-0.4, -0.2) is 25.1 Å². The van der Waals surface area contributed by atoms with E-state index in [1.807, 2.05) is 30.3 Å². The van der Waals surface area contributed by atoms with Crippen LogP contribution in [0.5, 0.6) is 0 Å². The SMILES string of the molecule is Cn1c(=NC(=O)/C=C/c2ccccc2)sc2cc(S(C)(=O)=O)ccc21. The molecule has 1 heterocycles. The van der Waals surface area contributed by atoms with Gasteiger partial charge in [-0.2, -0.15) is 4.99 Å². The fourth-order valence-electron chi connectivity index (χ4n) is 2.31. The number of carbonyl (C=O) groups is 1. The first-order chi connectivity index (χ1) is 11.8. The molecule has 0 atom stereocenters. The first-order valence-corrected chi connectivity index (χ1v) is 10.2. The molecule has 0 radical (unpaired) electrons. The Morgan fingerprint density at radius 3 is 2.56 bits per heavy atom. The van der Waals surface area contributed by atoms with E-state index in [1.165, 1.54) is 23.7 Å². The molecule has 0 aliphatic heterocycles. The number of fused-ring (bicyclic) bond motifs is 1.